The maximum atomic E-state index is 12.3. The molecule has 0 aliphatic heterocycles. The van der Waals surface area contributed by atoms with Crippen molar-refractivity contribution in [3.63, 3.8) is 0 Å². The second kappa shape index (κ2) is 7.49. The maximum Gasteiger partial charge on any atom is 0.251 e. The molecular formula is C19H18ClN3O2. The minimum atomic E-state index is -0.165. The second-order valence-corrected chi connectivity index (χ2v) is 6.09. The van der Waals surface area contributed by atoms with Crippen LogP contribution in [0.3, 0.4) is 0 Å². The summed E-state index contributed by atoms with van der Waals surface area (Å²) in [5.74, 6) is 0.548. The van der Waals surface area contributed by atoms with Crippen LogP contribution in [0.4, 0.5) is 0 Å². The SMILES string of the molecule is Cc1nc2ccc(C(=O)NCCOc3ccc(Cl)cc3)cc2nc1C. The van der Waals surface area contributed by atoms with Gasteiger partial charge in [-0.2, -0.15) is 0 Å². The summed E-state index contributed by atoms with van der Waals surface area (Å²) < 4.78 is 5.55. The Morgan fingerprint density at radius 1 is 1.04 bits per heavy atom. The van der Waals surface area contributed by atoms with Crippen LogP contribution in [0.2, 0.25) is 5.02 Å². The summed E-state index contributed by atoms with van der Waals surface area (Å²) in [4.78, 5) is 21.2. The van der Waals surface area contributed by atoms with Crippen LogP contribution < -0.4 is 10.1 Å². The third kappa shape index (κ3) is 4.25. The highest BCUT2D eigenvalue weighted by Crippen LogP contribution is 2.16. The first-order chi connectivity index (χ1) is 12.0. The van der Waals surface area contributed by atoms with Gasteiger partial charge in [-0.05, 0) is 56.3 Å². The number of amides is 1. The number of benzene rings is 2. The van der Waals surface area contributed by atoms with Crippen LogP contribution in [-0.4, -0.2) is 29.0 Å². The molecule has 3 aromatic rings. The van der Waals surface area contributed by atoms with E-state index in [-0.39, 0.29) is 5.91 Å². The van der Waals surface area contributed by atoms with Crippen molar-refractivity contribution in [2.45, 2.75) is 13.8 Å². The Bertz CT molecular complexity index is 910. The van der Waals surface area contributed by atoms with Gasteiger partial charge >= 0.3 is 0 Å². The number of nitrogens with one attached hydrogen (secondary N) is 1. The largest absolute Gasteiger partial charge is 0.492 e. The Balaban J connectivity index is 1.58. The van der Waals surface area contributed by atoms with Crippen molar-refractivity contribution in [2.24, 2.45) is 0 Å². The first-order valence-corrected chi connectivity index (χ1v) is 8.32. The van der Waals surface area contributed by atoms with Crippen molar-refractivity contribution >= 4 is 28.5 Å². The molecule has 1 aromatic heterocycles. The number of aryl methyl sites for hydroxylation is 2. The number of carbonyl (C=O) groups excluding carboxylic acids is 1. The number of fused-ring (bicyclic) bond motifs is 1. The van der Waals surface area contributed by atoms with E-state index in [1.54, 1.807) is 36.4 Å². The molecule has 0 bridgehead atoms. The third-order valence-corrected chi connectivity index (χ3v) is 4.06. The number of rotatable bonds is 5. The maximum absolute atomic E-state index is 12.3. The molecule has 2 aromatic carbocycles. The third-order valence-electron chi connectivity index (χ3n) is 3.81. The van der Waals surface area contributed by atoms with Crippen LogP contribution in [0.15, 0.2) is 42.5 Å². The Hall–Kier alpha value is -2.66. The van der Waals surface area contributed by atoms with E-state index >= 15 is 0 Å². The van der Waals surface area contributed by atoms with Crippen LogP contribution in [0.5, 0.6) is 5.75 Å². The summed E-state index contributed by atoms with van der Waals surface area (Å²) in [6, 6.07) is 12.4. The molecule has 0 aliphatic carbocycles. The molecule has 0 saturated heterocycles. The number of ether oxygens (including phenoxy) is 1. The summed E-state index contributed by atoms with van der Waals surface area (Å²) in [7, 11) is 0. The normalized spacial score (nSPS) is 10.7. The van der Waals surface area contributed by atoms with E-state index in [9.17, 15) is 4.79 Å². The molecule has 0 fully saturated rings. The van der Waals surface area contributed by atoms with E-state index in [1.165, 1.54) is 0 Å². The fraction of sp³-hybridized carbons (Fsp3) is 0.211. The number of hydrogen-bond donors (Lipinski definition) is 1. The van der Waals surface area contributed by atoms with Gasteiger partial charge in [0.25, 0.3) is 5.91 Å². The molecule has 1 N–H and O–H groups in total. The number of nitrogens with zero attached hydrogens (tertiary/aromatic N) is 2. The standard InChI is InChI=1S/C19H18ClN3O2/c1-12-13(2)23-18-11-14(3-8-17(18)22-12)19(24)21-9-10-25-16-6-4-15(20)5-7-16/h3-8,11H,9-10H2,1-2H3,(H,21,24). The molecule has 0 radical (unpaired) electrons. The lowest BCUT2D eigenvalue weighted by atomic mass is 10.1. The number of halogens is 1. The van der Waals surface area contributed by atoms with Gasteiger partial charge in [0.15, 0.2) is 0 Å². The quantitative estimate of drug-likeness (QED) is 0.709. The van der Waals surface area contributed by atoms with Gasteiger partial charge < -0.3 is 10.1 Å². The highest BCUT2D eigenvalue weighted by atomic mass is 35.5. The molecule has 0 spiro atoms. The predicted molar refractivity (Wildman–Crippen MR) is 98.3 cm³/mol. The van der Waals surface area contributed by atoms with Crippen molar-refractivity contribution in [1.29, 1.82) is 0 Å². The number of aromatic nitrogens is 2. The van der Waals surface area contributed by atoms with E-state index in [0.29, 0.717) is 35.0 Å². The predicted octanol–water partition coefficient (Wildman–Crippen LogP) is 3.71. The number of carbonyl (C=O) groups is 1. The monoisotopic (exact) mass is 355 g/mol. The Morgan fingerprint density at radius 3 is 2.44 bits per heavy atom. The average Bonchev–Trinajstić information content (AvgIpc) is 2.60. The summed E-state index contributed by atoms with van der Waals surface area (Å²) in [6.07, 6.45) is 0. The first kappa shape index (κ1) is 17.2. The van der Waals surface area contributed by atoms with Crippen LogP contribution in [0.25, 0.3) is 11.0 Å². The van der Waals surface area contributed by atoms with Crippen LogP contribution in [0, 0.1) is 13.8 Å². The topological polar surface area (TPSA) is 64.1 Å². The summed E-state index contributed by atoms with van der Waals surface area (Å²) in [5.41, 5.74) is 3.81. The second-order valence-electron chi connectivity index (χ2n) is 5.66. The summed E-state index contributed by atoms with van der Waals surface area (Å²) in [5, 5.41) is 3.49. The molecule has 1 amide bonds. The molecule has 0 aliphatic rings. The Labute approximate surface area is 151 Å². The van der Waals surface area contributed by atoms with Gasteiger partial charge in [0.1, 0.15) is 12.4 Å². The summed E-state index contributed by atoms with van der Waals surface area (Å²) in [6.45, 7) is 4.60. The molecule has 25 heavy (non-hydrogen) atoms. The van der Waals surface area contributed by atoms with E-state index < -0.39 is 0 Å². The molecule has 128 valence electrons. The fourth-order valence-corrected chi connectivity index (χ4v) is 2.46. The molecule has 1 heterocycles. The Kier molecular flexibility index (Phi) is 5.14. The lowest BCUT2D eigenvalue weighted by molar-refractivity contribution is 0.0947. The minimum absolute atomic E-state index is 0.165. The fourth-order valence-electron chi connectivity index (χ4n) is 2.34. The van der Waals surface area contributed by atoms with Crippen molar-refractivity contribution in [3.05, 3.63) is 64.4 Å². The zero-order valence-electron chi connectivity index (χ0n) is 14.0. The average molecular weight is 356 g/mol. The zero-order valence-corrected chi connectivity index (χ0v) is 14.8. The van der Waals surface area contributed by atoms with E-state index in [2.05, 4.69) is 15.3 Å². The van der Waals surface area contributed by atoms with Gasteiger partial charge in [0.2, 0.25) is 0 Å². The minimum Gasteiger partial charge on any atom is -0.492 e. The van der Waals surface area contributed by atoms with Crippen LogP contribution >= 0.6 is 11.6 Å². The van der Waals surface area contributed by atoms with Gasteiger partial charge in [0, 0.05) is 10.6 Å². The lowest BCUT2D eigenvalue weighted by Crippen LogP contribution is -2.28. The van der Waals surface area contributed by atoms with Gasteiger partial charge in [-0.15, -0.1) is 0 Å². The first-order valence-electron chi connectivity index (χ1n) is 7.94. The van der Waals surface area contributed by atoms with Crippen molar-refractivity contribution in [3.8, 4) is 5.75 Å². The summed E-state index contributed by atoms with van der Waals surface area (Å²) >= 11 is 5.82. The smallest absolute Gasteiger partial charge is 0.251 e. The lowest BCUT2D eigenvalue weighted by Gasteiger charge is -2.09. The van der Waals surface area contributed by atoms with Gasteiger partial charge in [-0.3, -0.25) is 4.79 Å². The molecule has 3 rings (SSSR count). The zero-order chi connectivity index (χ0) is 17.8. The molecule has 5 nitrogen and oxygen atoms in total. The molecule has 0 saturated carbocycles. The van der Waals surface area contributed by atoms with Crippen molar-refractivity contribution in [1.82, 2.24) is 15.3 Å². The van der Waals surface area contributed by atoms with E-state index in [4.69, 9.17) is 16.3 Å². The molecule has 6 heteroatoms. The molecule has 0 unspecified atom stereocenters. The van der Waals surface area contributed by atoms with Crippen LogP contribution in [0.1, 0.15) is 21.7 Å². The molecular weight excluding hydrogens is 338 g/mol. The van der Waals surface area contributed by atoms with Crippen molar-refractivity contribution < 1.29 is 9.53 Å². The van der Waals surface area contributed by atoms with E-state index in [0.717, 1.165) is 16.9 Å². The van der Waals surface area contributed by atoms with Gasteiger partial charge in [0.05, 0.1) is 29.0 Å². The highest BCUT2D eigenvalue weighted by molar-refractivity contribution is 6.30. The van der Waals surface area contributed by atoms with Gasteiger partial charge in [-0.25, -0.2) is 9.97 Å². The van der Waals surface area contributed by atoms with E-state index in [1.807, 2.05) is 19.9 Å². The van der Waals surface area contributed by atoms with Crippen molar-refractivity contribution in [2.75, 3.05) is 13.2 Å². The molecule has 0 atom stereocenters. The highest BCUT2D eigenvalue weighted by Gasteiger charge is 2.08. The Morgan fingerprint density at radius 2 is 1.72 bits per heavy atom. The number of hydrogen-bond acceptors (Lipinski definition) is 4. The van der Waals surface area contributed by atoms with Crippen LogP contribution in [-0.2, 0) is 0 Å². The van der Waals surface area contributed by atoms with Gasteiger partial charge in [-0.1, -0.05) is 11.6 Å².